The second-order valence-electron chi connectivity index (χ2n) is 7.94. The van der Waals surface area contributed by atoms with E-state index < -0.39 is 17.9 Å². The summed E-state index contributed by atoms with van der Waals surface area (Å²) < 4.78 is 5.01. The van der Waals surface area contributed by atoms with E-state index in [9.17, 15) is 9.59 Å². The van der Waals surface area contributed by atoms with E-state index in [0.717, 1.165) is 19.3 Å². The number of carboxylic acids is 1. The Labute approximate surface area is 178 Å². The fourth-order valence-corrected chi connectivity index (χ4v) is 3.41. The van der Waals surface area contributed by atoms with Gasteiger partial charge in [-0.25, -0.2) is 0 Å². The topological polar surface area (TPSA) is 63.6 Å². The first kappa shape index (κ1) is 27.4. The number of carboxylic acid groups (broad SMARTS) is 1. The summed E-state index contributed by atoms with van der Waals surface area (Å²) in [7, 11) is 0. The van der Waals surface area contributed by atoms with E-state index in [-0.39, 0.29) is 13.0 Å². The van der Waals surface area contributed by atoms with Crippen molar-refractivity contribution in [1.82, 2.24) is 0 Å². The number of esters is 1. The Morgan fingerprint density at radius 1 is 0.862 bits per heavy atom. The third-order valence-electron chi connectivity index (χ3n) is 5.16. The second-order valence-corrected chi connectivity index (χ2v) is 7.94. The Morgan fingerprint density at radius 3 is 1.90 bits per heavy atom. The zero-order valence-electron chi connectivity index (χ0n) is 18.7. The number of carbonyl (C=O) groups excluding carboxylic acids is 1. The molecule has 0 spiro atoms. The van der Waals surface area contributed by atoms with Crippen LogP contribution < -0.4 is 0 Å². The molecular formula is C25H44O4. The highest BCUT2D eigenvalue weighted by atomic mass is 16.5. The minimum atomic E-state index is -0.947. The summed E-state index contributed by atoms with van der Waals surface area (Å²) in [6, 6.07) is 0. The molecule has 1 unspecified atom stereocenters. The molecule has 0 fully saturated rings. The van der Waals surface area contributed by atoms with Crippen LogP contribution in [0.5, 0.6) is 0 Å². The molecule has 0 aromatic carbocycles. The number of allylic oxidation sites excluding steroid dienone is 2. The summed E-state index contributed by atoms with van der Waals surface area (Å²) in [6.45, 7) is 5.89. The normalized spacial score (nSPS) is 12.2. The molecule has 0 aliphatic carbocycles. The minimum Gasteiger partial charge on any atom is -0.481 e. The van der Waals surface area contributed by atoms with Gasteiger partial charge in [0, 0.05) is 0 Å². The van der Waals surface area contributed by atoms with Crippen LogP contribution in [0, 0.1) is 5.92 Å². The van der Waals surface area contributed by atoms with Gasteiger partial charge in [0.05, 0.1) is 12.3 Å². The fraction of sp³-hybridized carbons (Fsp3) is 0.760. The van der Waals surface area contributed by atoms with Crippen molar-refractivity contribution < 1.29 is 19.4 Å². The van der Waals surface area contributed by atoms with Crippen molar-refractivity contribution in [3.05, 3.63) is 24.8 Å². The maximum atomic E-state index is 11.9. The third kappa shape index (κ3) is 19.5. The van der Waals surface area contributed by atoms with Crippen LogP contribution in [0.4, 0.5) is 0 Å². The maximum Gasteiger partial charge on any atom is 0.309 e. The molecule has 0 amide bonds. The lowest BCUT2D eigenvalue weighted by Crippen LogP contribution is -2.21. The maximum absolute atomic E-state index is 11.9. The predicted molar refractivity (Wildman–Crippen MR) is 121 cm³/mol. The number of unbranched alkanes of at least 4 members (excludes halogenated alkanes) is 12. The second kappa shape index (κ2) is 21.1. The molecule has 0 heterocycles. The number of ether oxygens (including phenoxy) is 1. The Kier molecular flexibility index (Phi) is 20.0. The molecule has 1 atom stereocenters. The van der Waals surface area contributed by atoms with E-state index in [2.05, 4.69) is 25.7 Å². The van der Waals surface area contributed by atoms with Crippen LogP contribution in [0.25, 0.3) is 0 Å². The Hall–Kier alpha value is -1.58. The van der Waals surface area contributed by atoms with Gasteiger partial charge < -0.3 is 9.84 Å². The van der Waals surface area contributed by atoms with Crippen molar-refractivity contribution in [1.29, 1.82) is 0 Å². The molecule has 0 rings (SSSR count). The number of rotatable bonds is 21. The number of hydrogen-bond donors (Lipinski definition) is 1. The van der Waals surface area contributed by atoms with Gasteiger partial charge in [-0.15, -0.1) is 0 Å². The summed E-state index contributed by atoms with van der Waals surface area (Å²) in [5, 5.41) is 8.96. The molecule has 0 aromatic heterocycles. The average molecular weight is 409 g/mol. The van der Waals surface area contributed by atoms with E-state index in [1.807, 2.05) is 0 Å². The first-order chi connectivity index (χ1) is 14.1. The summed E-state index contributed by atoms with van der Waals surface area (Å²) >= 11 is 0. The van der Waals surface area contributed by atoms with E-state index in [4.69, 9.17) is 9.84 Å². The number of aliphatic carboxylic acids is 1. The number of hydrogen-bond acceptors (Lipinski definition) is 3. The van der Waals surface area contributed by atoms with Gasteiger partial charge in [0.25, 0.3) is 0 Å². The van der Waals surface area contributed by atoms with Gasteiger partial charge in [0.1, 0.15) is 6.61 Å². The molecule has 4 heteroatoms. The largest absolute Gasteiger partial charge is 0.481 e. The predicted octanol–water partition coefficient (Wildman–Crippen LogP) is 7.23. The van der Waals surface area contributed by atoms with Crippen molar-refractivity contribution in [2.24, 2.45) is 5.92 Å². The van der Waals surface area contributed by atoms with E-state index in [1.54, 1.807) is 0 Å². The Balaban J connectivity index is 3.55. The first-order valence-electron chi connectivity index (χ1n) is 11.8. The molecule has 0 saturated heterocycles. The first-order valence-corrected chi connectivity index (χ1v) is 11.8. The van der Waals surface area contributed by atoms with E-state index >= 15 is 0 Å². The molecule has 168 valence electrons. The monoisotopic (exact) mass is 408 g/mol. The van der Waals surface area contributed by atoms with Crippen LogP contribution in [0.2, 0.25) is 0 Å². The number of carbonyl (C=O) groups is 2. The van der Waals surface area contributed by atoms with Gasteiger partial charge in [-0.1, -0.05) is 95.9 Å². The smallest absolute Gasteiger partial charge is 0.309 e. The lowest BCUT2D eigenvalue weighted by atomic mass is 9.97. The quantitative estimate of drug-likeness (QED) is 0.124. The van der Waals surface area contributed by atoms with Gasteiger partial charge in [0.2, 0.25) is 0 Å². The van der Waals surface area contributed by atoms with Crippen molar-refractivity contribution >= 4 is 11.9 Å². The van der Waals surface area contributed by atoms with Gasteiger partial charge in [-0.05, 0) is 32.1 Å². The molecule has 4 nitrogen and oxygen atoms in total. The molecular weight excluding hydrogens is 364 g/mol. The molecule has 0 aromatic rings. The van der Waals surface area contributed by atoms with Gasteiger partial charge in [-0.3, -0.25) is 9.59 Å². The van der Waals surface area contributed by atoms with Crippen molar-refractivity contribution in [3.63, 3.8) is 0 Å². The molecule has 29 heavy (non-hydrogen) atoms. The molecule has 0 aliphatic rings. The zero-order chi connectivity index (χ0) is 21.6. The standard InChI is InChI=1S/C25H44O4/c1-3-5-6-7-8-9-10-11-12-13-14-15-16-17-18-19-20-23(22-24(26)27)25(28)29-21-4-2/h4,8-9,23H,2-3,5-7,10-22H2,1H3,(H,26,27)/b9-8+. The third-order valence-corrected chi connectivity index (χ3v) is 5.16. The minimum absolute atomic E-state index is 0.143. The summed E-state index contributed by atoms with van der Waals surface area (Å²) in [6.07, 6.45) is 23.9. The van der Waals surface area contributed by atoms with Crippen molar-refractivity contribution in [2.45, 2.75) is 110 Å². The molecule has 0 aliphatic heterocycles. The summed E-state index contributed by atoms with van der Waals surface area (Å²) in [5.74, 6) is -1.89. The highest BCUT2D eigenvalue weighted by Gasteiger charge is 2.22. The molecule has 1 N–H and O–H groups in total. The summed E-state index contributed by atoms with van der Waals surface area (Å²) in [5.41, 5.74) is 0. The molecule has 0 radical (unpaired) electrons. The summed E-state index contributed by atoms with van der Waals surface area (Å²) in [4.78, 5) is 22.8. The fourth-order valence-electron chi connectivity index (χ4n) is 3.41. The van der Waals surface area contributed by atoms with Gasteiger partial charge >= 0.3 is 11.9 Å². The van der Waals surface area contributed by atoms with Crippen LogP contribution in [-0.4, -0.2) is 23.7 Å². The molecule has 0 saturated carbocycles. The van der Waals surface area contributed by atoms with Crippen LogP contribution >= 0.6 is 0 Å². The van der Waals surface area contributed by atoms with Crippen molar-refractivity contribution in [3.8, 4) is 0 Å². The SMILES string of the molecule is C=CCOC(=O)C(CCCCCCCCCCC/C=C/CCCCC)CC(=O)O. The van der Waals surface area contributed by atoms with Crippen LogP contribution in [0.1, 0.15) is 110 Å². The highest BCUT2D eigenvalue weighted by Crippen LogP contribution is 2.18. The highest BCUT2D eigenvalue weighted by molar-refractivity contribution is 5.79. The Bertz CT molecular complexity index is 442. The Morgan fingerprint density at radius 2 is 1.38 bits per heavy atom. The van der Waals surface area contributed by atoms with Crippen molar-refractivity contribution in [2.75, 3.05) is 6.61 Å². The average Bonchev–Trinajstić information content (AvgIpc) is 2.70. The molecule has 0 bridgehead atoms. The lowest BCUT2D eigenvalue weighted by molar-refractivity contribution is -0.152. The van der Waals surface area contributed by atoms with Crippen LogP contribution in [0.15, 0.2) is 24.8 Å². The van der Waals surface area contributed by atoms with Crippen LogP contribution in [0.3, 0.4) is 0 Å². The van der Waals surface area contributed by atoms with E-state index in [1.165, 1.54) is 76.7 Å². The zero-order valence-corrected chi connectivity index (χ0v) is 18.7. The van der Waals surface area contributed by atoms with Crippen LogP contribution in [-0.2, 0) is 14.3 Å². The van der Waals surface area contributed by atoms with Gasteiger partial charge in [-0.2, -0.15) is 0 Å². The van der Waals surface area contributed by atoms with E-state index in [0.29, 0.717) is 6.42 Å². The van der Waals surface area contributed by atoms with Gasteiger partial charge in [0.15, 0.2) is 0 Å². The lowest BCUT2D eigenvalue weighted by Gasteiger charge is -2.13.